The van der Waals surface area contributed by atoms with E-state index in [0.717, 1.165) is 37.3 Å². The Morgan fingerprint density at radius 2 is 1.42 bits per heavy atom. The van der Waals surface area contributed by atoms with Crippen molar-refractivity contribution in [3.8, 4) is 11.5 Å². The lowest BCUT2D eigenvalue weighted by Crippen LogP contribution is -1.98. The molecule has 2 aromatic carbocycles. The highest BCUT2D eigenvalue weighted by Crippen LogP contribution is 2.22. The van der Waals surface area contributed by atoms with Crippen molar-refractivity contribution in [3.63, 3.8) is 0 Å². The van der Waals surface area contributed by atoms with Gasteiger partial charge in [-0.05, 0) is 62.6 Å². The average molecular weight is 255 g/mol. The van der Waals surface area contributed by atoms with Crippen molar-refractivity contribution >= 4 is 0 Å². The van der Waals surface area contributed by atoms with E-state index in [4.69, 9.17) is 10.5 Å². The first kappa shape index (κ1) is 13.6. The molecule has 0 bridgehead atoms. The van der Waals surface area contributed by atoms with Gasteiger partial charge in [0, 0.05) is 0 Å². The highest BCUT2D eigenvalue weighted by molar-refractivity contribution is 5.34. The number of hydrogen-bond donors (Lipinski definition) is 1. The summed E-state index contributed by atoms with van der Waals surface area (Å²) in [5.41, 5.74) is 8.07. The number of unbranched alkanes of at least 4 members (excludes halogenated alkanes) is 1. The topological polar surface area (TPSA) is 35.2 Å². The van der Waals surface area contributed by atoms with Gasteiger partial charge in [-0.25, -0.2) is 0 Å². The van der Waals surface area contributed by atoms with Crippen LogP contribution in [0.3, 0.4) is 0 Å². The Morgan fingerprint density at radius 3 is 2.00 bits per heavy atom. The number of aryl methyl sites for hydroxylation is 2. The van der Waals surface area contributed by atoms with Crippen LogP contribution in [0.25, 0.3) is 0 Å². The van der Waals surface area contributed by atoms with Crippen LogP contribution in [0, 0.1) is 6.92 Å². The van der Waals surface area contributed by atoms with Gasteiger partial charge in [0.15, 0.2) is 0 Å². The summed E-state index contributed by atoms with van der Waals surface area (Å²) in [5, 5.41) is 0. The molecule has 100 valence electrons. The van der Waals surface area contributed by atoms with Crippen LogP contribution in [0.15, 0.2) is 48.5 Å². The van der Waals surface area contributed by atoms with Crippen LogP contribution >= 0.6 is 0 Å². The molecule has 0 aromatic heterocycles. The maximum absolute atomic E-state index is 5.79. The first-order valence-corrected chi connectivity index (χ1v) is 6.81. The standard InChI is InChI=1S/C17H21NO/c1-14-5-9-16(10-6-14)19-17-11-7-15(8-12-17)4-2-3-13-18/h5-12H,2-4,13,18H2,1H3. The molecule has 0 atom stereocenters. The quantitative estimate of drug-likeness (QED) is 0.790. The summed E-state index contributed by atoms with van der Waals surface area (Å²) >= 11 is 0. The predicted octanol–water partition coefficient (Wildman–Crippen LogP) is 4.07. The van der Waals surface area contributed by atoms with Gasteiger partial charge in [0.2, 0.25) is 0 Å². The van der Waals surface area contributed by atoms with Crippen LogP contribution in [0.5, 0.6) is 11.5 Å². The van der Waals surface area contributed by atoms with Crippen molar-refractivity contribution in [2.45, 2.75) is 26.2 Å². The third-order valence-corrected chi connectivity index (χ3v) is 3.10. The Balaban J connectivity index is 1.92. The van der Waals surface area contributed by atoms with E-state index in [0.29, 0.717) is 0 Å². The van der Waals surface area contributed by atoms with Gasteiger partial charge in [-0.1, -0.05) is 29.8 Å². The van der Waals surface area contributed by atoms with E-state index in [2.05, 4.69) is 31.2 Å². The van der Waals surface area contributed by atoms with Gasteiger partial charge in [-0.2, -0.15) is 0 Å². The summed E-state index contributed by atoms with van der Waals surface area (Å²) in [5.74, 6) is 1.76. The van der Waals surface area contributed by atoms with E-state index in [1.807, 2.05) is 24.3 Å². The Labute approximate surface area is 115 Å². The van der Waals surface area contributed by atoms with Crippen LogP contribution < -0.4 is 10.5 Å². The first-order valence-electron chi connectivity index (χ1n) is 6.81. The lowest BCUT2D eigenvalue weighted by Gasteiger charge is -2.07. The van der Waals surface area contributed by atoms with Gasteiger partial charge in [-0.3, -0.25) is 0 Å². The molecule has 2 aromatic rings. The monoisotopic (exact) mass is 255 g/mol. The second kappa shape index (κ2) is 6.95. The smallest absolute Gasteiger partial charge is 0.127 e. The van der Waals surface area contributed by atoms with Crippen molar-refractivity contribution in [2.24, 2.45) is 5.73 Å². The molecule has 2 rings (SSSR count). The Kier molecular flexibility index (Phi) is 4.99. The molecule has 2 N–H and O–H groups in total. The molecule has 0 aliphatic rings. The van der Waals surface area contributed by atoms with E-state index in [1.165, 1.54) is 11.1 Å². The van der Waals surface area contributed by atoms with E-state index < -0.39 is 0 Å². The highest BCUT2D eigenvalue weighted by atomic mass is 16.5. The van der Waals surface area contributed by atoms with Crippen LogP contribution in [-0.2, 0) is 6.42 Å². The van der Waals surface area contributed by atoms with E-state index in [1.54, 1.807) is 0 Å². The highest BCUT2D eigenvalue weighted by Gasteiger charge is 1.98. The summed E-state index contributed by atoms with van der Waals surface area (Å²) in [6.07, 6.45) is 3.32. The van der Waals surface area contributed by atoms with Gasteiger partial charge in [-0.15, -0.1) is 0 Å². The minimum atomic E-state index is 0.772. The molecule has 0 aliphatic heterocycles. The lowest BCUT2D eigenvalue weighted by molar-refractivity contribution is 0.482. The summed E-state index contributed by atoms with van der Waals surface area (Å²) < 4.78 is 5.79. The minimum absolute atomic E-state index is 0.772. The maximum atomic E-state index is 5.79. The van der Waals surface area contributed by atoms with E-state index in [-0.39, 0.29) is 0 Å². The molecule has 0 heterocycles. The maximum Gasteiger partial charge on any atom is 0.127 e. The molecule has 2 heteroatoms. The van der Waals surface area contributed by atoms with E-state index >= 15 is 0 Å². The van der Waals surface area contributed by atoms with Gasteiger partial charge in [0.05, 0.1) is 0 Å². The zero-order chi connectivity index (χ0) is 13.5. The average Bonchev–Trinajstić information content (AvgIpc) is 2.44. The molecule has 2 nitrogen and oxygen atoms in total. The molecule has 0 saturated carbocycles. The molecular formula is C17H21NO. The molecule has 0 amide bonds. The lowest BCUT2D eigenvalue weighted by atomic mass is 10.1. The summed E-state index contributed by atoms with van der Waals surface area (Å²) in [6, 6.07) is 16.4. The van der Waals surface area contributed by atoms with Crippen molar-refractivity contribution < 1.29 is 4.74 Å². The zero-order valence-electron chi connectivity index (χ0n) is 11.4. The zero-order valence-corrected chi connectivity index (χ0v) is 11.4. The van der Waals surface area contributed by atoms with Crippen molar-refractivity contribution in [2.75, 3.05) is 6.54 Å². The van der Waals surface area contributed by atoms with Gasteiger partial charge < -0.3 is 10.5 Å². The largest absolute Gasteiger partial charge is 0.457 e. The summed E-state index contributed by atoms with van der Waals surface area (Å²) in [7, 11) is 0. The molecule has 0 aliphatic carbocycles. The van der Waals surface area contributed by atoms with Crippen LogP contribution in [0.1, 0.15) is 24.0 Å². The number of hydrogen-bond acceptors (Lipinski definition) is 2. The molecule has 0 radical (unpaired) electrons. The number of benzene rings is 2. The second-order valence-corrected chi connectivity index (χ2v) is 4.80. The van der Waals surface area contributed by atoms with Gasteiger partial charge in [0.25, 0.3) is 0 Å². The van der Waals surface area contributed by atoms with E-state index in [9.17, 15) is 0 Å². The van der Waals surface area contributed by atoms with Crippen LogP contribution in [0.4, 0.5) is 0 Å². The fourth-order valence-corrected chi connectivity index (χ4v) is 1.94. The van der Waals surface area contributed by atoms with Crippen LogP contribution in [0.2, 0.25) is 0 Å². The Morgan fingerprint density at radius 1 is 0.842 bits per heavy atom. The number of ether oxygens (including phenoxy) is 1. The molecule has 0 unspecified atom stereocenters. The first-order chi connectivity index (χ1) is 9.28. The molecular weight excluding hydrogens is 234 g/mol. The summed E-state index contributed by atoms with van der Waals surface area (Å²) in [4.78, 5) is 0. The van der Waals surface area contributed by atoms with Gasteiger partial charge in [0.1, 0.15) is 11.5 Å². The SMILES string of the molecule is Cc1ccc(Oc2ccc(CCCCN)cc2)cc1. The van der Waals surface area contributed by atoms with Crippen molar-refractivity contribution in [1.82, 2.24) is 0 Å². The molecule has 19 heavy (non-hydrogen) atoms. The third-order valence-electron chi connectivity index (χ3n) is 3.10. The predicted molar refractivity (Wildman–Crippen MR) is 79.7 cm³/mol. The van der Waals surface area contributed by atoms with Crippen molar-refractivity contribution in [1.29, 1.82) is 0 Å². The minimum Gasteiger partial charge on any atom is -0.457 e. The Hall–Kier alpha value is -1.80. The number of rotatable bonds is 6. The Bertz CT molecular complexity index is 488. The van der Waals surface area contributed by atoms with Crippen molar-refractivity contribution in [3.05, 3.63) is 59.7 Å². The van der Waals surface area contributed by atoms with Crippen LogP contribution in [-0.4, -0.2) is 6.54 Å². The van der Waals surface area contributed by atoms with Gasteiger partial charge >= 0.3 is 0 Å². The third kappa shape index (κ3) is 4.42. The normalized spacial score (nSPS) is 10.4. The summed E-state index contributed by atoms with van der Waals surface area (Å²) in [6.45, 7) is 2.84. The fourth-order valence-electron chi connectivity index (χ4n) is 1.94. The fraction of sp³-hybridized carbons (Fsp3) is 0.294. The number of nitrogens with two attached hydrogens (primary N) is 1. The molecule has 0 saturated heterocycles. The second-order valence-electron chi connectivity index (χ2n) is 4.80. The molecule has 0 fully saturated rings. The molecule has 0 spiro atoms.